The molecule has 0 radical (unpaired) electrons. The number of aromatic nitrogens is 1. The molecule has 2 amide bonds. The van der Waals surface area contributed by atoms with Crippen LogP contribution in [0.3, 0.4) is 0 Å². The zero-order valence-electron chi connectivity index (χ0n) is 19.9. The molecule has 8 heteroatoms. The highest BCUT2D eigenvalue weighted by Gasteiger charge is 2.31. The lowest BCUT2D eigenvalue weighted by Crippen LogP contribution is -2.48. The molecule has 1 atom stereocenters. The van der Waals surface area contributed by atoms with E-state index in [1.807, 2.05) is 53.2 Å². The van der Waals surface area contributed by atoms with Crippen molar-refractivity contribution >= 4 is 23.2 Å². The zero-order chi connectivity index (χ0) is 24.5. The first-order valence-corrected chi connectivity index (χ1v) is 12.9. The van der Waals surface area contributed by atoms with E-state index < -0.39 is 6.04 Å². The van der Waals surface area contributed by atoms with Gasteiger partial charge in [-0.3, -0.25) is 14.6 Å². The van der Waals surface area contributed by atoms with Gasteiger partial charge in [-0.15, -0.1) is 0 Å². The van der Waals surface area contributed by atoms with Crippen LogP contribution in [0.2, 0.25) is 0 Å². The fourth-order valence-electron chi connectivity index (χ4n) is 4.20. The number of ether oxygens (including phenoxy) is 2. The molecule has 0 aliphatic carbocycles. The molecule has 1 aliphatic rings. The van der Waals surface area contributed by atoms with E-state index in [9.17, 15) is 9.59 Å². The molecule has 3 heterocycles. The largest absolute Gasteiger partial charge is 0.493 e. The van der Waals surface area contributed by atoms with E-state index in [0.717, 1.165) is 29.7 Å². The van der Waals surface area contributed by atoms with Crippen LogP contribution in [0.4, 0.5) is 0 Å². The number of rotatable bonds is 10. The van der Waals surface area contributed by atoms with E-state index in [2.05, 4.69) is 10.3 Å². The van der Waals surface area contributed by atoms with E-state index in [-0.39, 0.29) is 18.2 Å². The highest BCUT2D eigenvalue weighted by molar-refractivity contribution is 7.08. The summed E-state index contributed by atoms with van der Waals surface area (Å²) in [6.07, 6.45) is 5.22. The zero-order valence-corrected chi connectivity index (χ0v) is 20.8. The first kappa shape index (κ1) is 24.7. The van der Waals surface area contributed by atoms with Gasteiger partial charge < -0.3 is 19.7 Å². The normalized spacial score (nSPS) is 15.7. The van der Waals surface area contributed by atoms with Crippen LogP contribution in [0.1, 0.15) is 36.1 Å². The van der Waals surface area contributed by atoms with Crippen molar-refractivity contribution in [3.05, 3.63) is 76.2 Å². The molecule has 35 heavy (non-hydrogen) atoms. The number of nitrogens with zero attached hydrogens (tertiary/aromatic N) is 2. The van der Waals surface area contributed by atoms with Gasteiger partial charge in [-0.2, -0.15) is 11.3 Å². The topological polar surface area (TPSA) is 80.8 Å². The maximum Gasteiger partial charge on any atom is 0.242 e. The monoisotopic (exact) mass is 493 g/mol. The van der Waals surface area contributed by atoms with Gasteiger partial charge in [0.15, 0.2) is 11.5 Å². The van der Waals surface area contributed by atoms with Crippen LogP contribution in [0.5, 0.6) is 11.5 Å². The number of benzene rings is 1. The summed E-state index contributed by atoms with van der Waals surface area (Å²) >= 11 is 1.56. The van der Waals surface area contributed by atoms with Crippen molar-refractivity contribution in [2.75, 3.05) is 20.3 Å². The molecule has 1 N–H and O–H groups in total. The molecule has 184 valence electrons. The van der Waals surface area contributed by atoms with Gasteiger partial charge in [0.05, 0.1) is 20.1 Å². The number of methoxy groups -OCH3 is 1. The van der Waals surface area contributed by atoms with Crippen molar-refractivity contribution in [2.45, 2.75) is 44.7 Å². The third-order valence-corrected chi connectivity index (χ3v) is 6.79. The first-order chi connectivity index (χ1) is 17.1. The van der Waals surface area contributed by atoms with Crippen LogP contribution in [-0.2, 0) is 29.0 Å². The molecule has 0 bridgehead atoms. The third-order valence-electron chi connectivity index (χ3n) is 6.06. The Bertz CT molecular complexity index is 1100. The number of hydrogen-bond donors (Lipinski definition) is 1. The molecule has 0 saturated carbocycles. The average molecular weight is 494 g/mol. The number of carbonyl (C=O) groups is 2. The number of pyridine rings is 1. The minimum absolute atomic E-state index is 0.0555. The van der Waals surface area contributed by atoms with Crippen LogP contribution < -0.4 is 14.8 Å². The highest BCUT2D eigenvalue weighted by Crippen LogP contribution is 2.29. The molecular weight excluding hydrogens is 462 g/mol. The number of hydrogen-bond acceptors (Lipinski definition) is 6. The number of nitrogens with one attached hydrogen (secondary N) is 1. The second-order valence-electron chi connectivity index (χ2n) is 8.54. The van der Waals surface area contributed by atoms with Crippen LogP contribution in [0.15, 0.2) is 59.4 Å². The van der Waals surface area contributed by atoms with Crippen molar-refractivity contribution in [1.82, 2.24) is 15.2 Å². The predicted molar refractivity (Wildman–Crippen MR) is 136 cm³/mol. The fraction of sp³-hybridized carbons (Fsp3) is 0.370. The highest BCUT2D eigenvalue weighted by atomic mass is 32.1. The number of carbonyl (C=O) groups excluding carboxylic acids is 2. The van der Waals surface area contributed by atoms with E-state index in [4.69, 9.17) is 9.47 Å². The van der Waals surface area contributed by atoms with Gasteiger partial charge in [0.2, 0.25) is 11.8 Å². The summed E-state index contributed by atoms with van der Waals surface area (Å²) in [6.45, 7) is 1.45. The van der Waals surface area contributed by atoms with Gasteiger partial charge in [0.1, 0.15) is 6.04 Å². The summed E-state index contributed by atoms with van der Waals surface area (Å²) in [5.41, 5.74) is 2.81. The van der Waals surface area contributed by atoms with E-state index >= 15 is 0 Å². The lowest BCUT2D eigenvalue weighted by molar-refractivity contribution is -0.140. The molecule has 0 spiro atoms. The Morgan fingerprint density at radius 1 is 1.17 bits per heavy atom. The van der Waals surface area contributed by atoms with Crippen molar-refractivity contribution in [2.24, 2.45) is 0 Å². The molecular formula is C27H31N3O4S. The van der Waals surface area contributed by atoms with Crippen LogP contribution in [0.25, 0.3) is 0 Å². The van der Waals surface area contributed by atoms with Gasteiger partial charge in [-0.05, 0) is 71.5 Å². The maximum absolute atomic E-state index is 13.4. The molecule has 1 aliphatic heterocycles. The van der Waals surface area contributed by atoms with Crippen molar-refractivity contribution < 1.29 is 19.1 Å². The molecule has 2 aromatic heterocycles. The third kappa shape index (κ3) is 6.82. The molecule has 4 rings (SSSR count). The molecule has 1 aromatic carbocycles. The SMILES string of the molecule is COc1cc(CN(C(=O)Cc2ccsc2)[C@H]2CCCCNC2=O)ccc1OCCc1ccccn1. The van der Waals surface area contributed by atoms with Gasteiger partial charge in [-0.1, -0.05) is 12.1 Å². The number of amides is 2. The van der Waals surface area contributed by atoms with Crippen LogP contribution in [-0.4, -0.2) is 48.0 Å². The fourth-order valence-corrected chi connectivity index (χ4v) is 4.87. The number of thiophene rings is 1. The minimum atomic E-state index is -0.482. The Labute approximate surface area is 210 Å². The van der Waals surface area contributed by atoms with Crippen LogP contribution in [0, 0.1) is 0 Å². The van der Waals surface area contributed by atoms with E-state index in [1.54, 1.807) is 29.5 Å². The summed E-state index contributed by atoms with van der Waals surface area (Å²) in [6, 6.07) is 13.0. The van der Waals surface area contributed by atoms with E-state index in [1.165, 1.54) is 0 Å². The Hall–Kier alpha value is -3.39. The summed E-state index contributed by atoms with van der Waals surface area (Å²) in [5, 5.41) is 6.90. The molecule has 0 unspecified atom stereocenters. The van der Waals surface area contributed by atoms with Crippen LogP contribution >= 0.6 is 11.3 Å². The minimum Gasteiger partial charge on any atom is -0.493 e. The second kappa shape index (κ2) is 12.4. The van der Waals surface area contributed by atoms with Gasteiger partial charge in [-0.25, -0.2) is 0 Å². The van der Waals surface area contributed by atoms with Gasteiger partial charge in [0, 0.05) is 31.4 Å². The lowest BCUT2D eigenvalue weighted by Gasteiger charge is -2.30. The summed E-state index contributed by atoms with van der Waals surface area (Å²) < 4.78 is 11.5. The standard InChI is InChI=1S/C27H31N3O4S/c1-33-25-16-20(8-9-24(25)34-14-10-22-6-2-4-12-28-22)18-30(23-7-3-5-13-29-27(23)32)26(31)17-21-11-15-35-19-21/h2,4,6,8-9,11-12,15-16,19,23H,3,5,7,10,13-14,17-18H2,1H3,(H,29,32)/t23-/m0/s1. The van der Waals surface area contributed by atoms with Crippen molar-refractivity contribution in [3.63, 3.8) is 0 Å². The molecule has 1 fully saturated rings. The molecule has 7 nitrogen and oxygen atoms in total. The van der Waals surface area contributed by atoms with Crippen molar-refractivity contribution in [1.29, 1.82) is 0 Å². The smallest absolute Gasteiger partial charge is 0.242 e. The lowest BCUT2D eigenvalue weighted by atomic mass is 10.1. The predicted octanol–water partition coefficient (Wildman–Crippen LogP) is 4.01. The Morgan fingerprint density at radius 3 is 2.86 bits per heavy atom. The second-order valence-corrected chi connectivity index (χ2v) is 9.32. The van der Waals surface area contributed by atoms with Gasteiger partial charge in [0.25, 0.3) is 0 Å². The Balaban J connectivity index is 1.48. The molecule has 1 saturated heterocycles. The van der Waals surface area contributed by atoms with E-state index in [0.29, 0.717) is 44.0 Å². The quantitative estimate of drug-likeness (QED) is 0.462. The molecule has 3 aromatic rings. The summed E-state index contributed by atoms with van der Waals surface area (Å²) in [7, 11) is 1.60. The summed E-state index contributed by atoms with van der Waals surface area (Å²) in [5.74, 6) is 1.09. The Kier molecular flexibility index (Phi) is 8.73. The average Bonchev–Trinajstić information content (AvgIpc) is 3.30. The Morgan fingerprint density at radius 2 is 2.09 bits per heavy atom. The summed E-state index contributed by atoms with van der Waals surface area (Å²) in [4.78, 5) is 32.2. The first-order valence-electron chi connectivity index (χ1n) is 11.9. The van der Waals surface area contributed by atoms with Gasteiger partial charge >= 0.3 is 0 Å². The maximum atomic E-state index is 13.4. The van der Waals surface area contributed by atoms with Crippen molar-refractivity contribution in [3.8, 4) is 11.5 Å².